The molecule has 0 N–H and O–H groups in total. The Morgan fingerprint density at radius 2 is 0.951 bits per heavy atom. The molecule has 13 rings (SSSR count). The van der Waals surface area contributed by atoms with E-state index in [-0.39, 0.29) is 5.71 Å². The maximum absolute atomic E-state index is 14.5. The first-order valence-corrected chi connectivity index (χ1v) is 19.9. The Balaban J connectivity index is 1.02. The third kappa shape index (κ3) is 4.81. The van der Waals surface area contributed by atoms with E-state index in [0.717, 1.165) is 61.0 Å². The Hall–Kier alpha value is -8.63. The van der Waals surface area contributed by atoms with E-state index in [2.05, 4.69) is 18.2 Å². The van der Waals surface area contributed by atoms with Crippen LogP contribution < -0.4 is 11.1 Å². The van der Waals surface area contributed by atoms with E-state index in [1.54, 1.807) is 4.52 Å². The van der Waals surface area contributed by atoms with Gasteiger partial charge < -0.3 is 8.83 Å². The SMILES string of the molecule is O=c1c2c3ccc(-c4ccc5c(c4)oc4ccccc45)cc3oc2n2c3c(c(=O)n12)c1ccccc1n3-c1cccc(-c2nc(-c3ccccc3)nc(-c3ccccc3)n2)c1. The zero-order valence-corrected chi connectivity index (χ0v) is 32.0. The Morgan fingerprint density at radius 3 is 1.67 bits per heavy atom. The lowest BCUT2D eigenvalue weighted by atomic mass is 10.0. The fourth-order valence-corrected chi connectivity index (χ4v) is 8.91. The molecule has 0 spiro atoms. The first-order chi connectivity index (χ1) is 30.1. The maximum Gasteiger partial charge on any atom is 0.286 e. The topological polar surface area (TPSA) is 113 Å². The molecule has 7 aromatic carbocycles. The number of benzene rings is 7. The van der Waals surface area contributed by atoms with Gasteiger partial charge >= 0.3 is 0 Å². The fourth-order valence-electron chi connectivity index (χ4n) is 8.91. The number of para-hydroxylation sites is 2. The van der Waals surface area contributed by atoms with Crippen molar-refractivity contribution in [3.05, 3.63) is 191 Å². The summed E-state index contributed by atoms with van der Waals surface area (Å²) in [6.45, 7) is 0. The van der Waals surface area contributed by atoms with Gasteiger partial charge in [-0.1, -0.05) is 121 Å². The number of nitrogens with zero attached hydrogens (tertiary/aromatic N) is 6. The average Bonchev–Trinajstić information content (AvgIpc) is 4.10. The van der Waals surface area contributed by atoms with E-state index in [9.17, 15) is 9.59 Å². The molecule has 0 aliphatic carbocycles. The van der Waals surface area contributed by atoms with E-state index in [1.165, 1.54) is 4.52 Å². The van der Waals surface area contributed by atoms with E-state index in [4.69, 9.17) is 23.8 Å². The monoisotopic (exact) mass is 788 g/mol. The van der Waals surface area contributed by atoms with Crippen LogP contribution in [-0.4, -0.2) is 28.5 Å². The van der Waals surface area contributed by atoms with Crippen molar-refractivity contribution in [3.63, 3.8) is 0 Å². The van der Waals surface area contributed by atoms with E-state index >= 15 is 0 Å². The molecule has 0 saturated heterocycles. The van der Waals surface area contributed by atoms with Gasteiger partial charge in [-0.3, -0.25) is 14.2 Å². The second-order valence-electron chi connectivity index (χ2n) is 15.2. The van der Waals surface area contributed by atoms with Gasteiger partial charge in [-0.25, -0.2) is 15.0 Å². The highest BCUT2D eigenvalue weighted by atomic mass is 16.3. The summed E-state index contributed by atoms with van der Waals surface area (Å²) in [5.74, 6) is 1.59. The molecule has 0 bridgehead atoms. The van der Waals surface area contributed by atoms with Gasteiger partial charge in [0.2, 0.25) is 5.71 Å². The van der Waals surface area contributed by atoms with Gasteiger partial charge in [-0.15, -0.1) is 0 Å². The van der Waals surface area contributed by atoms with Gasteiger partial charge in [-0.05, 0) is 59.7 Å². The van der Waals surface area contributed by atoms with Crippen molar-refractivity contribution in [3.8, 4) is 51.0 Å². The zero-order chi connectivity index (χ0) is 40.3. The largest absolute Gasteiger partial charge is 0.456 e. The standard InChI is InChI=1S/C51H28N6O4/c58-49-43-37-19-7-9-20-39(37)55(34-17-11-16-33(26-34)47-53-45(29-12-3-1-4-13-29)52-46(54-47)30-14-5-2-6-15-30)48(43)56-51-44(50(59)57(49)56)38-25-23-32(28-42(38)61-51)31-22-24-36-35-18-8-10-21-40(35)60-41(36)27-31/h1-28H. The third-order valence-electron chi connectivity index (χ3n) is 11.7. The molecule has 10 nitrogen and oxygen atoms in total. The van der Waals surface area contributed by atoms with Crippen LogP contribution in [-0.2, 0) is 0 Å². The van der Waals surface area contributed by atoms with Crippen LogP contribution in [0.1, 0.15) is 0 Å². The Kier molecular flexibility index (Phi) is 6.80. The van der Waals surface area contributed by atoms with Crippen LogP contribution in [0.4, 0.5) is 0 Å². The van der Waals surface area contributed by atoms with Crippen molar-refractivity contribution in [1.82, 2.24) is 28.5 Å². The minimum atomic E-state index is -0.442. The predicted octanol–water partition coefficient (Wildman–Crippen LogP) is 10.9. The summed E-state index contributed by atoms with van der Waals surface area (Å²) in [5.41, 5.74) is 7.96. The molecule has 286 valence electrons. The number of aromatic nitrogens is 6. The second-order valence-corrected chi connectivity index (χ2v) is 15.2. The molecule has 13 aromatic rings. The highest BCUT2D eigenvalue weighted by Gasteiger charge is 2.28. The molecule has 0 aliphatic heterocycles. The van der Waals surface area contributed by atoms with Gasteiger partial charge in [-0.2, -0.15) is 9.03 Å². The highest BCUT2D eigenvalue weighted by molar-refractivity contribution is 6.11. The van der Waals surface area contributed by atoms with Crippen LogP contribution in [0, 0.1) is 0 Å². The highest BCUT2D eigenvalue weighted by Crippen LogP contribution is 2.38. The van der Waals surface area contributed by atoms with Crippen molar-refractivity contribution in [2.24, 2.45) is 0 Å². The molecule has 10 heteroatoms. The Bertz CT molecular complexity index is 3990. The minimum Gasteiger partial charge on any atom is -0.456 e. The number of furan rings is 2. The van der Waals surface area contributed by atoms with E-state index in [1.807, 2.05) is 156 Å². The first kappa shape index (κ1) is 33.4. The normalized spacial score (nSPS) is 12.1. The molecule has 0 amide bonds. The molecular weight excluding hydrogens is 761 g/mol. The molecule has 0 unspecified atom stereocenters. The van der Waals surface area contributed by atoms with Gasteiger partial charge in [0.25, 0.3) is 11.1 Å². The minimum absolute atomic E-state index is 0.287. The number of rotatable bonds is 5. The van der Waals surface area contributed by atoms with Crippen molar-refractivity contribution in [1.29, 1.82) is 0 Å². The summed E-state index contributed by atoms with van der Waals surface area (Å²) in [6.07, 6.45) is 0. The van der Waals surface area contributed by atoms with E-state index < -0.39 is 11.1 Å². The summed E-state index contributed by atoms with van der Waals surface area (Å²) in [4.78, 5) is 43.7. The van der Waals surface area contributed by atoms with E-state index in [0.29, 0.717) is 50.2 Å². The molecule has 0 radical (unpaired) electrons. The Morgan fingerprint density at radius 1 is 0.393 bits per heavy atom. The zero-order valence-electron chi connectivity index (χ0n) is 32.0. The van der Waals surface area contributed by atoms with Crippen LogP contribution in [0.2, 0.25) is 0 Å². The maximum atomic E-state index is 14.5. The first-order valence-electron chi connectivity index (χ1n) is 19.9. The summed E-state index contributed by atoms with van der Waals surface area (Å²) in [7, 11) is 0. The molecular formula is C51H28N6O4. The molecule has 0 aliphatic rings. The number of fused-ring (bicyclic) bond motifs is 12. The van der Waals surface area contributed by atoms with Gasteiger partial charge in [0, 0.05) is 43.9 Å². The number of hydrogen-bond donors (Lipinski definition) is 0. The van der Waals surface area contributed by atoms with Crippen molar-refractivity contribution < 1.29 is 8.83 Å². The molecule has 61 heavy (non-hydrogen) atoms. The van der Waals surface area contributed by atoms with Gasteiger partial charge in [0.15, 0.2) is 23.1 Å². The predicted molar refractivity (Wildman–Crippen MR) is 239 cm³/mol. The Labute approximate surface area is 343 Å². The summed E-state index contributed by atoms with van der Waals surface area (Å²) in [6, 6.07) is 55.3. The summed E-state index contributed by atoms with van der Waals surface area (Å²) < 4.78 is 17.7. The quantitative estimate of drug-likeness (QED) is 0.171. The molecule has 0 saturated carbocycles. The van der Waals surface area contributed by atoms with Crippen LogP contribution in [0.3, 0.4) is 0 Å². The smallest absolute Gasteiger partial charge is 0.286 e. The lowest BCUT2D eigenvalue weighted by Crippen LogP contribution is -2.21. The van der Waals surface area contributed by atoms with Crippen LogP contribution in [0.25, 0.3) is 117 Å². The summed E-state index contributed by atoms with van der Waals surface area (Å²) in [5, 5.41) is 4.20. The van der Waals surface area contributed by atoms with Gasteiger partial charge in [0.1, 0.15) is 22.1 Å². The molecule has 6 aromatic heterocycles. The van der Waals surface area contributed by atoms with Crippen LogP contribution in [0.5, 0.6) is 0 Å². The number of hydrogen-bond acceptors (Lipinski definition) is 7. The van der Waals surface area contributed by atoms with Crippen molar-refractivity contribution >= 4 is 65.9 Å². The van der Waals surface area contributed by atoms with Crippen molar-refractivity contribution in [2.75, 3.05) is 0 Å². The van der Waals surface area contributed by atoms with Crippen LogP contribution in [0.15, 0.2) is 188 Å². The third-order valence-corrected chi connectivity index (χ3v) is 11.7. The lowest BCUT2D eigenvalue weighted by Gasteiger charge is -2.11. The molecule has 6 heterocycles. The molecule has 0 atom stereocenters. The second kappa shape index (κ2) is 12.4. The van der Waals surface area contributed by atoms with Crippen LogP contribution >= 0.6 is 0 Å². The van der Waals surface area contributed by atoms with Crippen molar-refractivity contribution in [2.45, 2.75) is 0 Å². The fraction of sp³-hybridized carbons (Fsp3) is 0. The molecule has 0 fully saturated rings. The summed E-state index contributed by atoms with van der Waals surface area (Å²) >= 11 is 0. The lowest BCUT2D eigenvalue weighted by molar-refractivity contribution is 0.629. The average molecular weight is 789 g/mol. The van der Waals surface area contributed by atoms with Gasteiger partial charge in [0.05, 0.1) is 10.9 Å².